The minimum Gasteiger partial charge on any atom is -0.481 e. The molecule has 1 saturated heterocycles. The van der Waals surface area contributed by atoms with Crippen LogP contribution >= 0.6 is 0 Å². The third-order valence-corrected chi connectivity index (χ3v) is 5.59. The second-order valence-electron chi connectivity index (χ2n) is 7.25. The summed E-state index contributed by atoms with van der Waals surface area (Å²) in [7, 11) is 0. The molecular formula is C18H31NO3. The van der Waals surface area contributed by atoms with Crippen molar-refractivity contribution in [3.05, 3.63) is 0 Å². The zero-order valence-electron chi connectivity index (χ0n) is 13.9. The average Bonchev–Trinajstić information content (AvgIpc) is 2.54. The number of likely N-dealkylation sites (tertiary alicyclic amines) is 1. The monoisotopic (exact) mass is 309 g/mol. The van der Waals surface area contributed by atoms with Crippen molar-refractivity contribution in [1.29, 1.82) is 0 Å². The quantitative estimate of drug-likeness (QED) is 0.811. The number of carboxylic acid groups (broad SMARTS) is 1. The van der Waals surface area contributed by atoms with E-state index in [1.54, 1.807) is 0 Å². The number of amides is 1. The van der Waals surface area contributed by atoms with Crippen LogP contribution < -0.4 is 0 Å². The minimum absolute atomic E-state index is 0.149. The van der Waals surface area contributed by atoms with Crippen LogP contribution in [0.4, 0.5) is 0 Å². The molecule has 0 aromatic heterocycles. The summed E-state index contributed by atoms with van der Waals surface area (Å²) in [6.45, 7) is 3.05. The van der Waals surface area contributed by atoms with Gasteiger partial charge in [0.15, 0.2) is 0 Å². The Hall–Kier alpha value is -1.06. The fourth-order valence-corrected chi connectivity index (χ4v) is 4.18. The second kappa shape index (κ2) is 8.54. The normalized spacial score (nSPS) is 25.0. The van der Waals surface area contributed by atoms with Gasteiger partial charge in [0.1, 0.15) is 0 Å². The van der Waals surface area contributed by atoms with Gasteiger partial charge in [-0.05, 0) is 37.5 Å². The summed E-state index contributed by atoms with van der Waals surface area (Å²) in [4.78, 5) is 25.5. The Morgan fingerprint density at radius 1 is 1.09 bits per heavy atom. The van der Waals surface area contributed by atoms with Gasteiger partial charge in [-0.3, -0.25) is 9.59 Å². The number of rotatable bonds is 6. The van der Waals surface area contributed by atoms with Crippen molar-refractivity contribution in [3.63, 3.8) is 0 Å². The fourth-order valence-electron chi connectivity index (χ4n) is 4.18. The smallest absolute Gasteiger partial charge is 0.303 e. The van der Waals surface area contributed by atoms with Crippen molar-refractivity contribution in [3.8, 4) is 0 Å². The molecule has 1 amide bonds. The lowest BCUT2D eigenvalue weighted by molar-refractivity contribution is -0.140. The number of hydrogen-bond donors (Lipinski definition) is 1. The maximum Gasteiger partial charge on any atom is 0.303 e. The van der Waals surface area contributed by atoms with Crippen molar-refractivity contribution in [2.24, 2.45) is 11.8 Å². The van der Waals surface area contributed by atoms with Gasteiger partial charge in [-0.2, -0.15) is 0 Å². The highest BCUT2D eigenvalue weighted by Gasteiger charge is 2.29. The Labute approximate surface area is 134 Å². The van der Waals surface area contributed by atoms with E-state index in [0.717, 1.165) is 25.8 Å². The summed E-state index contributed by atoms with van der Waals surface area (Å²) >= 11 is 0. The molecule has 4 heteroatoms. The van der Waals surface area contributed by atoms with E-state index in [2.05, 4.69) is 6.92 Å². The van der Waals surface area contributed by atoms with Gasteiger partial charge >= 0.3 is 5.97 Å². The summed E-state index contributed by atoms with van der Waals surface area (Å²) < 4.78 is 0. The van der Waals surface area contributed by atoms with Gasteiger partial charge < -0.3 is 10.0 Å². The van der Waals surface area contributed by atoms with E-state index in [1.165, 1.54) is 32.1 Å². The molecule has 1 aliphatic heterocycles. The van der Waals surface area contributed by atoms with Crippen LogP contribution in [0.3, 0.4) is 0 Å². The van der Waals surface area contributed by atoms with Crippen LogP contribution in [0, 0.1) is 11.8 Å². The van der Waals surface area contributed by atoms with Crippen LogP contribution in [0.2, 0.25) is 0 Å². The Morgan fingerprint density at radius 3 is 2.45 bits per heavy atom. The summed E-state index contributed by atoms with van der Waals surface area (Å²) in [5, 5.41) is 8.88. The van der Waals surface area contributed by atoms with Gasteiger partial charge in [-0.1, -0.05) is 39.0 Å². The number of nitrogens with zero attached hydrogens (tertiary/aromatic N) is 1. The molecule has 126 valence electrons. The molecule has 2 fully saturated rings. The molecule has 0 bridgehead atoms. The molecule has 0 radical (unpaired) electrons. The van der Waals surface area contributed by atoms with E-state index in [0.29, 0.717) is 24.7 Å². The van der Waals surface area contributed by atoms with Crippen molar-refractivity contribution < 1.29 is 14.7 Å². The van der Waals surface area contributed by atoms with E-state index in [1.807, 2.05) is 4.90 Å². The Kier molecular flexibility index (Phi) is 6.71. The largest absolute Gasteiger partial charge is 0.481 e. The third kappa shape index (κ3) is 4.99. The number of carbonyl (C=O) groups excluding carboxylic acids is 1. The molecule has 22 heavy (non-hydrogen) atoms. The molecule has 2 aliphatic rings. The van der Waals surface area contributed by atoms with Crippen LogP contribution in [-0.2, 0) is 9.59 Å². The van der Waals surface area contributed by atoms with Crippen LogP contribution in [-0.4, -0.2) is 34.5 Å². The highest BCUT2D eigenvalue weighted by atomic mass is 16.4. The number of aliphatic carboxylic acids is 1. The van der Waals surface area contributed by atoms with Crippen molar-refractivity contribution in [1.82, 2.24) is 4.90 Å². The Morgan fingerprint density at radius 2 is 1.77 bits per heavy atom. The second-order valence-corrected chi connectivity index (χ2v) is 7.25. The van der Waals surface area contributed by atoms with Crippen LogP contribution in [0.15, 0.2) is 0 Å². The molecule has 0 aromatic rings. The molecule has 2 rings (SSSR count). The number of piperidine rings is 1. The van der Waals surface area contributed by atoms with Crippen molar-refractivity contribution >= 4 is 11.9 Å². The lowest BCUT2D eigenvalue weighted by Gasteiger charge is -2.37. The summed E-state index contributed by atoms with van der Waals surface area (Å²) in [6, 6.07) is 0.149. The first-order valence-electron chi connectivity index (χ1n) is 9.09. The first-order valence-corrected chi connectivity index (χ1v) is 9.09. The van der Waals surface area contributed by atoms with E-state index in [-0.39, 0.29) is 18.4 Å². The third-order valence-electron chi connectivity index (χ3n) is 5.59. The zero-order valence-corrected chi connectivity index (χ0v) is 13.9. The molecule has 0 spiro atoms. The van der Waals surface area contributed by atoms with Crippen LogP contribution in [0.25, 0.3) is 0 Å². The van der Waals surface area contributed by atoms with Crippen LogP contribution in [0.5, 0.6) is 0 Å². The van der Waals surface area contributed by atoms with Gasteiger partial charge in [0.25, 0.3) is 0 Å². The van der Waals surface area contributed by atoms with Gasteiger partial charge in [0, 0.05) is 25.4 Å². The maximum atomic E-state index is 12.7. The van der Waals surface area contributed by atoms with Gasteiger partial charge in [-0.25, -0.2) is 0 Å². The predicted molar refractivity (Wildman–Crippen MR) is 86.6 cm³/mol. The van der Waals surface area contributed by atoms with Crippen LogP contribution in [0.1, 0.15) is 77.6 Å². The van der Waals surface area contributed by atoms with Crippen molar-refractivity contribution in [2.75, 3.05) is 6.54 Å². The molecule has 1 heterocycles. The zero-order chi connectivity index (χ0) is 15.9. The van der Waals surface area contributed by atoms with E-state index in [4.69, 9.17) is 5.11 Å². The molecule has 2 unspecified atom stereocenters. The highest BCUT2D eigenvalue weighted by molar-refractivity contribution is 5.77. The minimum atomic E-state index is -0.756. The molecule has 1 aliphatic carbocycles. The SMILES string of the molecule is CC(CC(=O)N1CCCCC1CCC(=O)O)C1CCCCC1. The fraction of sp³-hybridized carbons (Fsp3) is 0.889. The molecular weight excluding hydrogens is 278 g/mol. The lowest BCUT2D eigenvalue weighted by Crippen LogP contribution is -2.44. The first-order chi connectivity index (χ1) is 10.6. The highest BCUT2D eigenvalue weighted by Crippen LogP contribution is 2.32. The Balaban J connectivity index is 1.86. The maximum absolute atomic E-state index is 12.7. The standard InChI is InChI=1S/C18H31NO3/c1-14(15-7-3-2-4-8-15)13-17(20)19-12-6-5-9-16(19)10-11-18(21)22/h14-16H,2-13H2,1H3,(H,21,22). The lowest BCUT2D eigenvalue weighted by atomic mass is 9.79. The molecule has 4 nitrogen and oxygen atoms in total. The Bertz CT molecular complexity index is 377. The summed E-state index contributed by atoms with van der Waals surface area (Å²) in [5.41, 5.74) is 0. The van der Waals surface area contributed by atoms with Gasteiger partial charge in [-0.15, -0.1) is 0 Å². The number of carboxylic acids is 1. The van der Waals surface area contributed by atoms with E-state index < -0.39 is 5.97 Å². The van der Waals surface area contributed by atoms with E-state index >= 15 is 0 Å². The predicted octanol–water partition coefficient (Wildman–Crippen LogP) is 3.84. The average molecular weight is 309 g/mol. The van der Waals surface area contributed by atoms with Gasteiger partial charge in [0.2, 0.25) is 5.91 Å². The van der Waals surface area contributed by atoms with E-state index in [9.17, 15) is 9.59 Å². The topological polar surface area (TPSA) is 57.6 Å². The molecule has 0 aromatic carbocycles. The van der Waals surface area contributed by atoms with Crippen molar-refractivity contribution in [2.45, 2.75) is 83.6 Å². The summed E-state index contributed by atoms with van der Waals surface area (Å²) in [5.74, 6) is 0.677. The molecule has 2 atom stereocenters. The summed E-state index contributed by atoms with van der Waals surface area (Å²) in [6.07, 6.45) is 11.1. The first kappa shape index (κ1) is 17.3. The number of carbonyl (C=O) groups is 2. The molecule has 1 N–H and O–H groups in total. The molecule has 1 saturated carbocycles. The van der Waals surface area contributed by atoms with Gasteiger partial charge in [0.05, 0.1) is 0 Å². The number of hydrogen-bond acceptors (Lipinski definition) is 2.